The first-order valence-corrected chi connectivity index (χ1v) is 31.7. The van der Waals surface area contributed by atoms with Gasteiger partial charge in [-0.05, 0) is 138 Å². The van der Waals surface area contributed by atoms with E-state index >= 15 is 16.8 Å². The fourth-order valence-electron chi connectivity index (χ4n) is 12.9. The van der Waals surface area contributed by atoms with Crippen LogP contribution in [0.3, 0.4) is 0 Å². The first-order valence-electron chi connectivity index (χ1n) is 28.8. The Morgan fingerprint density at radius 3 is 0.954 bits per heavy atom. The third kappa shape index (κ3) is 8.51. The van der Waals surface area contributed by atoms with Gasteiger partial charge < -0.3 is 13.7 Å². The minimum Gasteiger partial charge on any atom is -0.309 e. The van der Waals surface area contributed by atoms with E-state index in [1.165, 1.54) is 21.5 Å². The monoisotopic (exact) mass is 1160 g/mol. The maximum Gasteiger partial charge on any atom is 0.207 e. The third-order valence-corrected chi connectivity index (χ3v) is 20.5. The number of sulfone groups is 2. The predicted molar refractivity (Wildman–Crippen MR) is 353 cm³/mol. The molecule has 0 atom stereocenters. The SMILES string of the molecule is O=S(=O)(c1ccccc1)c1cc(-c2ccc(-n3c4ccc(-n5c6ccccc6c6ccccc65)cc4c4cc(-n5c6ccccc6c6ccccc65)ccc43)cc2)cc(S(=O)(=O)c2ccccc2)c1-c1cc(-c2ccccc2)nc(-c2ccccc2)c1. The van der Waals surface area contributed by atoms with Gasteiger partial charge in [-0.2, -0.15) is 0 Å². The van der Waals surface area contributed by atoms with Crippen molar-refractivity contribution in [1.29, 1.82) is 0 Å². The van der Waals surface area contributed by atoms with Crippen LogP contribution in [-0.2, 0) is 19.7 Å². The molecule has 0 spiro atoms. The number of para-hydroxylation sites is 4. The zero-order chi connectivity index (χ0) is 58.4. The topological polar surface area (TPSA) is 96.0 Å². The summed E-state index contributed by atoms with van der Waals surface area (Å²) in [5.41, 5.74) is 13.5. The van der Waals surface area contributed by atoms with Crippen molar-refractivity contribution in [3.8, 4) is 61.8 Å². The van der Waals surface area contributed by atoms with E-state index in [0.29, 0.717) is 28.1 Å². The summed E-state index contributed by atoms with van der Waals surface area (Å²) in [4.78, 5) is 4.84. The minimum atomic E-state index is -4.44. The Morgan fingerprint density at radius 1 is 0.241 bits per heavy atom. The number of hydrogen-bond acceptors (Lipinski definition) is 5. The van der Waals surface area contributed by atoms with E-state index in [9.17, 15) is 0 Å². The minimum absolute atomic E-state index is 0.0244. The predicted octanol–water partition coefficient (Wildman–Crippen LogP) is 18.7. The van der Waals surface area contributed by atoms with Crippen molar-refractivity contribution in [3.05, 3.63) is 303 Å². The molecule has 0 aliphatic rings. The molecule has 4 heterocycles. The van der Waals surface area contributed by atoms with Gasteiger partial charge in [0.15, 0.2) is 0 Å². The van der Waals surface area contributed by atoms with Gasteiger partial charge in [-0.15, -0.1) is 0 Å². The summed E-state index contributed by atoms with van der Waals surface area (Å²) in [6.45, 7) is 0. The zero-order valence-corrected chi connectivity index (χ0v) is 48.2. The van der Waals surface area contributed by atoms with Gasteiger partial charge in [0.1, 0.15) is 0 Å². The van der Waals surface area contributed by atoms with Crippen LogP contribution in [0, 0.1) is 0 Å². The van der Waals surface area contributed by atoms with E-state index in [4.69, 9.17) is 4.98 Å². The van der Waals surface area contributed by atoms with Crippen molar-refractivity contribution in [2.24, 2.45) is 0 Å². The molecule has 8 nitrogen and oxygen atoms in total. The van der Waals surface area contributed by atoms with Crippen molar-refractivity contribution in [2.75, 3.05) is 0 Å². The molecular weight excluding hydrogens is 1110 g/mol. The van der Waals surface area contributed by atoms with Crippen molar-refractivity contribution in [2.45, 2.75) is 19.6 Å². The van der Waals surface area contributed by atoms with Crippen molar-refractivity contribution >= 4 is 85.1 Å². The first kappa shape index (κ1) is 51.7. The smallest absolute Gasteiger partial charge is 0.207 e. The Kier molecular flexibility index (Phi) is 12.1. The second-order valence-corrected chi connectivity index (χ2v) is 25.7. The van der Waals surface area contributed by atoms with Crippen LogP contribution in [0.25, 0.3) is 127 Å². The Balaban J connectivity index is 0.920. The van der Waals surface area contributed by atoms with Crippen LogP contribution in [0.2, 0.25) is 0 Å². The highest BCUT2D eigenvalue weighted by Gasteiger charge is 2.32. The second kappa shape index (κ2) is 20.4. The molecule has 0 radical (unpaired) electrons. The first-order chi connectivity index (χ1) is 42.7. The molecule has 0 amide bonds. The van der Waals surface area contributed by atoms with Crippen molar-refractivity contribution in [1.82, 2.24) is 18.7 Å². The molecule has 10 heteroatoms. The summed E-state index contributed by atoms with van der Waals surface area (Å²) in [6, 6.07) is 98.1. The molecule has 0 aliphatic heterocycles. The lowest BCUT2D eigenvalue weighted by Gasteiger charge is -2.20. The molecule has 0 bridgehead atoms. The van der Waals surface area contributed by atoms with Crippen LogP contribution in [0.15, 0.2) is 323 Å². The van der Waals surface area contributed by atoms with Gasteiger partial charge >= 0.3 is 0 Å². The highest BCUT2D eigenvalue weighted by Crippen LogP contribution is 2.45. The lowest BCUT2D eigenvalue weighted by atomic mass is 9.97. The third-order valence-electron chi connectivity index (χ3n) is 16.9. The molecular formula is C77H50N4O4S2. The number of aromatic nitrogens is 4. The van der Waals surface area contributed by atoms with Gasteiger partial charge in [-0.1, -0.05) is 182 Å². The number of fused-ring (bicyclic) bond motifs is 9. The molecule has 0 fully saturated rings. The molecule has 87 heavy (non-hydrogen) atoms. The normalized spacial score (nSPS) is 12.1. The van der Waals surface area contributed by atoms with Crippen LogP contribution in [0.5, 0.6) is 0 Å². The van der Waals surface area contributed by atoms with E-state index in [-0.39, 0.29) is 25.1 Å². The maximum absolute atomic E-state index is 15.6. The van der Waals surface area contributed by atoms with Crippen LogP contribution in [0.1, 0.15) is 0 Å². The zero-order valence-electron chi connectivity index (χ0n) is 46.6. The Hall–Kier alpha value is -10.9. The summed E-state index contributed by atoms with van der Waals surface area (Å²) < 4.78 is 69.5. The van der Waals surface area contributed by atoms with Crippen LogP contribution < -0.4 is 0 Å². The molecule has 414 valence electrons. The highest BCUT2D eigenvalue weighted by molar-refractivity contribution is 7.92. The molecule has 4 aromatic heterocycles. The van der Waals surface area contributed by atoms with Crippen molar-refractivity contribution < 1.29 is 16.8 Å². The van der Waals surface area contributed by atoms with Crippen LogP contribution in [-0.4, -0.2) is 35.5 Å². The van der Waals surface area contributed by atoms with E-state index in [0.717, 1.165) is 72.1 Å². The standard InChI is InChI=1S/C77H50N4O4S2/c82-86(83,59-25-9-3-10-26-59)75-47-54(48-76(87(84,85)60-27-11-4-12-28-60)77(75)55-45-67(52-21-5-1-6-22-52)78-68(46-55)53-23-7-2-8-24-53)51-37-39-56(40-38-51)79-73-43-41-57(80-69-33-17-13-29-61(69)62-30-14-18-34-70(62)80)49-65(73)66-50-58(42-44-74(66)79)81-71-35-19-15-31-63(71)64-32-16-20-36-72(64)81/h1-50H. The lowest BCUT2D eigenvalue weighted by molar-refractivity contribution is 0.594. The van der Waals surface area contributed by atoms with Crippen molar-refractivity contribution in [3.63, 3.8) is 0 Å². The Bertz CT molecular complexity index is 5220. The van der Waals surface area contributed by atoms with Gasteiger partial charge in [-0.25, -0.2) is 21.8 Å². The molecule has 0 unspecified atom stereocenters. The molecule has 0 aliphatic carbocycles. The van der Waals surface area contributed by atoms with Gasteiger partial charge in [0.2, 0.25) is 19.7 Å². The molecule has 16 aromatic rings. The van der Waals surface area contributed by atoms with Gasteiger partial charge in [0.05, 0.1) is 64.1 Å². The van der Waals surface area contributed by atoms with E-state index in [2.05, 4.69) is 147 Å². The average molecular weight is 1160 g/mol. The second-order valence-electron chi connectivity index (χ2n) is 21.9. The molecule has 12 aromatic carbocycles. The average Bonchev–Trinajstić information content (AvgIpc) is 1.85. The van der Waals surface area contributed by atoms with Gasteiger partial charge in [0.25, 0.3) is 0 Å². The number of pyridine rings is 1. The fourth-order valence-corrected chi connectivity index (χ4v) is 16.0. The summed E-state index contributed by atoms with van der Waals surface area (Å²) in [5.74, 6) is 0. The van der Waals surface area contributed by atoms with Crippen LogP contribution >= 0.6 is 0 Å². The van der Waals surface area contributed by atoms with E-state index in [1.54, 1.807) is 84.9 Å². The highest BCUT2D eigenvalue weighted by atomic mass is 32.2. The van der Waals surface area contributed by atoms with Crippen LogP contribution in [0.4, 0.5) is 0 Å². The lowest BCUT2D eigenvalue weighted by Crippen LogP contribution is -2.11. The maximum atomic E-state index is 15.6. The Morgan fingerprint density at radius 2 is 0.563 bits per heavy atom. The van der Waals surface area contributed by atoms with E-state index in [1.807, 2.05) is 84.9 Å². The number of benzene rings is 12. The number of nitrogens with zero attached hydrogens (tertiary/aromatic N) is 4. The quantitative estimate of drug-likeness (QED) is 0.129. The molecule has 0 saturated carbocycles. The molecule has 0 N–H and O–H groups in total. The summed E-state index contributed by atoms with van der Waals surface area (Å²) in [5, 5.41) is 6.83. The summed E-state index contributed by atoms with van der Waals surface area (Å²) >= 11 is 0. The summed E-state index contributed by atoms with van der Waals surface area (Å²) in [6.07, 6.45) is 0. The molecule has 0 saturated heterocycles. The summed E-state index contributed by atoms with van der Waals surface area (Å²) in [7, 11) is -8.88. The molecule has 16 rings (SSSR count). The number of rotatable bonds is 11. The Labute approximate surface area is 502 Å². The van der Waals surface area contributed by atoms with Gasteiger partial charge in [-0.3, -0.25) is 0 Å². The fraction of sp³-hybridized carbons (Fsp3) is 0. The number of hydrogen-bond donors (Lipinski definition) is 0. The van der Waals surface area contributed by atoms with Gasteiger partial charge in [0, 0.05) is 66.1 Å². The van der Waals surface area contributed by atoms with E-state index < -0.39 is 19.7 Å². The largest absolute Gasteiger partial charge is 0.309 e.